The van der Waals surface area contributed by atoms with Gasteiger partial charge < -0.3 is 136 Å². The molecule has 0 aromatic heterocycles. The Morgan fingerprint density at radius 3 is 0.750 bits per heavy atom. The van der Waals surface area contributed by atoms with Crippen molar-refractivity contribution in [2.45, 2.75) is 148 Å². The summed E-state index contributed by atoms with van der Waals surface area (Å²) in [5, 5.41) is 64.8. The molecule has 84 heavy (non-hydrogen) atoms. The summed E-state index contributed by atoms with van der Waals surface area (Å²) in [5.41, 5.74) is 76.2. The summed E-state index contributed by atoms with van der Waals surface area (Å²) < 4.78 is 8.22. The van der Waals surface area contributed by atoms with Crippen molar-refractivity contribution in [3.63, 3.8) is 0 Å². The van der Waals surface area contributed by atoms with Crippen LogP contribution in [0.15, 0.2) is 15.0 Å². The highest BCUT2D eigenvalue weighted by atomic mass is 32.2. The third kappa shape index (κ3) is 113. The number of carboxylic acids is 8. The molecule has 0 radical (unpaired) electrons. The van der Waals surface area contributed by atoms with Crippen LogP contribution in [0.4, 0.5) is 0 Å². The average molecular weight is 1250 g/mol. The third-order valence-corrected chi connectivity index (χ3v) is 8.12. The van der Waals surface area contributed by atoms with Crippen LogP contribution in [0.5, 0.6) is 0 Å². The van der Waals surface area contributed by atoms with E-state index in [0.717, 1.165) is 12.7 Å². The second-order valence-electron chi connectivity index (χ2n) is 16.0. The minimum atomic E-state index is -1.00. The van der Waals surface area contributed by atoms with Gasteiger partial charge in [-0.15, -0.1) is 0 Å². The summed E-state index contributed by atoms with van der Waals surface area (Å²) in [6, 6.07) is -5.84. The van der Waals surface area contributed by atoms with Gasteiger partial charge in [-0.2, -0.15) is 11.8 Å². The Labute approximate surface area is 491 Å². The number of aliphatic carboxylic acids is 8. The van der Waals surface area contributed by atoms with E-state index in [1.165, 1.54) is 34.8 Å². The van der Waals surface area contributed by atoms with E-state index in [4.69, 9.17) is 132 Å². The van der Waals surface area contributed by atoms with E-state index in [9.17, 15) is 47.9 Å². The summed E-state index contributed by atoms with van der Waals surface area (Å²) in [5.74, 6) is -8.28. The summed E-state index contributed by atoms with van der Waals surface area (Å²) in [7, 11) is 1.31. The van der Waals surface area contributed by atoms with Crippen LogP contribution in [0.2, 0.25) is 0 Å². The van der Waals surface area contributed by atoms with E-state index in [-0.39, 0.29) is 23.8 Å². The molecule has 0 spiro atoms. The lowest BCUT2D eigenvalue weighted by molar-refractivity contribution is -0.156. The first-order chi connectivity index (χ1) is 38.3. The number of hydrogen-bond acceptors (Lipinski definition) is 26. The molecule has 0 rings (SSSR count). The maximum absolute atomic E-state index is 10.2. The standard InChI is InChI=1S/3C6H14N4O2.C5H12N2O2.C5H11NO2S.C4H9NO2.C4H6O3.2C3H7NO2.C2H4O2/c3*7-4(5(11)12)2-1-3-10-6(8)9;6-3-1-2-4(7)5(8)9;1-9-3-2-4(6)5(7)8;1-3(5)4(6)7-2;1-3(5)7-4(2)6;2*1-2(4)3(5)6;1-2(3)4/h3*4H,1-3,7H2,(H,11,12)(H4,8,9,10);4H,1-3,6-7H2,(H,8,9);4H,2-3,6H2,1H3,(H,7,8);3H,5H2,1-2H3;1-2H3;2*2H,4H2,1H3,(H,5,6);1H3,(H,3,4)/t5*4-;3-;;2*2-;/m000000.00./s1. The van der Waals surface area contributed by atoms with Gasteiger partial charge in [0.05, 0.1) is 7.11 Å². The van der Waals surface area contributed by atoms with E-state index in [0.29, 0.717) is 84.0 Å². The van der Waals surface area contributed by atoms with Crippen molar-refractivity contribution in [3.05, 3.63) is 0 Å². The lowest BCUT2D eigenvalue weighted by atomic mass is 10.2. The number of methoxy groups -OCH3 is 1. The van der Waals surface area contributed by atoms with Gasteiger partial charge in [0.15, 0.2) is 17.9 Å². The minimum Gasteiger partial charge on any atom is -0.481 e. The molecule has 0 bridgehead atoms. The normalized spacial score (nSPS) is 12.0. The molecular weight excluding hydrogens is 1150 g/mol. The number of ether oxygens (including phenoxy) is 2. The highest BCUT2D eigenvalue weighted by molar-refractivity contribution is 7.98. The SMILES string of the molecule is CC(=O)O.CC(=O)OC(C)=O.COC(=O)[C@H](C)N.CSCC[C@H](N)C(=O)O.C[C@H](N)C(=O)O.C[C@H](N)C(=O)O.NC(N)=NCCC[C@H](N)C(=O)O.NC(N)=NCCC[C@H](N)C(=O)O.NC(N)=NCCC[C@H](N)C(=O)O.NCCC[C@H](N)C(=O)O. The van der Waals surface area contributed by atoms with Crippen molar-refractivity contribution in [2.24, 2.45) is 101 Å². The minimum absolute atomic E-state index is 0.0129. The lowest BCUT2D eigenvalue weighted by Crippen LogP contribution is -2.30. The van der Waals surface area contributed by atoms with Crippen molar-refractivity contribution in [3.8, 4) is 0 Å². The molecule has 0 aliphatic carbocycles. The van der Waals surface area contributed by atoms with Crippen LogP contribution in [0.25, 0.3) is 0 Å². The number of carboxylic acid groups (broad SMARTS) is 8. The quantitative estimate of drug-likeness (QED) is 0.0126. The van der Waals surface area contributed by atoms with Gasteiger partial charge in [-0.25, -0.2) is 0 Å². The van der Waals surface area contributed by atoms with Gasteiger partial charge in [-0.3, -0.25) is 67.7 Å². The molecule has 496 valence electrons. The zero-order valence-corrected chi connectivity index (χ0v) is 49.6. The third-order valence-electron chi connectivity index (χ3n) is 7.48. The summed E-state index contributed by atoms with van der Waals surface area (Å²) in [4.78, 5) is 120. The highest BCUT2D eigenvalue weighted by Gasteiger charge is 2.12. The van der Waals surface area contributed by atoms with E-state index in [1.54, 1.807) is 18.7 Å². The first-order valence-electron chi connectivity index (χ1n) is 24.3. The number of hydrogen-bond donors (Lipinski definition) is 23. The number of thioether (sulfide) groups is 1. The molecule has 0 aliphatic heterocycles. The van der Waals surface area contributed by atoms with Crippen molar-refractivity contribution >= 4 is 95.3 Å². The summed E-state index contributed by atoms with van der Waals surface area (Å²) in [6.45, 7) is 9.62. The molecular formula is C44H98N18O21S. The van der Waals surface area contributed by atoms with Crippen LogP contribution in [0.1, 0.15) is 99.3 Å². The molecule has 0 heterocycles. The van der Waals surface area contributed by atoms with Gasteiger partial charge in [0.2, 0.25) is 0 Å². The lowest BCUT2D eigenvalue weighted by Gasteiger charge is -2.03. The average Bonchev–Trinajstić information content (AvgIpc) is 3.36. The van der Waals surface area contributed by atoms with Crippen molar-refractivity contribution in [1.29, 1.82) is 0 Å². The van der Waals surface area contributed by atoms with Gasteiger partial charge in [0, 0.05) is 40.4 Å². The van der Waals surface area contributed by atoms with Crippen molar-refractivity contribution < 1.29 is 103 Å². The number of nitrogens with zero attached hydrogens (tertiary/aromatic N) is 3. The molecule has 8 atom stereocenters. The van der Waals surface area contributed by atoms with E-state index in [1.807, 2.05) is 6.26 Å². The molecule has 0 aliphatic rings. The Hall–Kier alpha value is -7.83. The van der Waals surface area contributed by atoms with Gasteiger partial charge in [-0.05, 0) is 97.1 Å². The molecule has 0 saturated heterocycles. The van der Waals surface area contributed by atoms with E-state index < -0.39 is 108 Å². The predicted octanol–water partition coefficient (Wildman–Crippen LogP) is -6.83. The van der Waals surface area contributed by atoms with Crippen LogP contribution in [0, 0.1) is 0 Å². The van der Waals surface area contributed by atoms with Crippen molar-refractivity contribution in [1.82, 2.24) is 0 Å². The molecule has 0 unspecified atom stereocenters. The fourth-order valence-electron chi connectivity index (χ4n) is 3.15. The Kier molecular flexibility index (Phi) is 79.2. The number of aliphatic imine (C=N–C) groups is 3. The number of esters is 3. The number of guanidine groups is 3. The summed E-state index contributed by atoms with van der Waals surface area (Å²) >= 11 is 1.60. The number of carbonyl (C=O) groups is 11. The van der Waals surface area contributed by atoms with Gasteiger partial charge in [0.1, 0.15) is 48.3 Å². The fraction of sp³-hybridized carbons (Fsp3) is 0.682. The zero-order chi connectivity index (χ0) is 68.8. The molecule has 40 heteroatoms. The number of nitrogens with two attached hydrogens (primary N) is 15. The van der Waals surface area contributed by atoms with Gasteiger partial charge >= 0.3 is 59.7 Å². The second kappa shape index (κ2) is 67.7. The maximum Gasteiger partial charge on any atom is 0.322 e. The number of rotatable bonds is 26. The monoisotopic (exact) mass is 1250 g/mol. The van der Waals surface area contributed by atoms with E-state index in [2.05, 4.69) is 24.5 Å². The van der Waals surface area contributed by atoms with Crippen molar-refractivity contribution in [2.75, 3.05) is 45.3 Å². The van der Waals surface area contributed by atoms with Crippen LogP contribution >= 0.6 is 11.8 Å². The molecule has 0 amide bonds. The second-order valence-corrected chi connectivity index (χ2v) is 16.9. The predicted molar refractivity (Wildman–Crippen MR) is 313 cm³/mol. The van der Waals surface area contributed by atoms with Crippen LogP contribution in [0.3, 0.4) is 0 Å². The molecule has 0 aromatic rings. The zero-order valence-electron chi connectivity index (χ0n) is 48.8. The highest BCUT2D eigenvalue weighted by Crippen LogP contribution is 1.98. The van der Waals surface area contributed by atoms with Crippen LogP contribution in [-0.4, -0.2) is 218 Å². The maximum atomic E-state index is 10.2. The first kappa shape index (κ1) is 98.3. The molecule has 0 saturated carbocycles. The molecule has 39 nitrogen and oxygen atoms in total. The first-order valence-corrected chi connectivity index (χ1v) is 25.7. The Morgan fingerprint density at radius 1 is 0.417 bits per heavy atom. The number of carbonyl (C=O) groups excluding carboxylic acids is 3. The van der Waals surface area contributed by atoms with Crippen LogP contribution < -0.4 is 86.0 Å². The summed E-state index contributed by atoms with van der Waals surface area (Å²) in [6.07, 6.45) is 6.48. The molecule has 38 N–H and O–H groups in total. The Balaban J connectivity index is -0.0000000919. The molecule has 0 fully saturated rings. The van der Waals surface area contributed by atoms with Gasteiger partial charge in [0.25, 0.3) is 5.97 Å². The Morgan fingerprint density at radius 2 is 0.631 bits per heavy atom. The topological polar surface area (TPSA) is 795 Å². The fourth-order valence-corrected chi connectivity index (χ4v) is 3.64. The largest absolute Gasteiger partial charge is 0.481 e. The van der Waals surface area contributed by atoms with Crippen LogP contribution in [-0.2, 0) is 62.2 Å². The van der Waals surface area contributed by atoms with E-state index >= 15 is 0 Å². The van der Waals surface area contributed by atoms with Gasteiger partial charge in [-0.1, -0.05) is 0 Å². The molecule has 0 aromatic carbocycles. The smallest absolute Gasteiger partial charge is 0.322 e. The Bertz CT molecular complexity index is 1740.